The van der Waals surface area contributed by atoms with Crippen LogP contribution >= 0.6 is 11.3 Å². The Kier molecular flexibility index (Phi) is 7.12. The lowest BCUT2D eigenvalue weighted by Crippen LogP contribution is -2.55. The molecule has 3 fully saturated rings. The minimum atomic E-state index is -0.350. The smallest absolute Gasteiger partial charge is 0.320 e. The molecule has 4 heterocycles. The molecular formula is C23H30N6O5S. The van der Waals surface area contributed by atoms with Crippen LogP contribution in [0.1, 0.15) is 42.8 Å². The van der Waals surface area contributed by atoms with Crippen LogP contribution < -0.4 is 5.32 Å². The van der Waals surface area contributed by atoms with E-state index in [0.29, 0.717) is 59.0 Å². The molecule has 0 spiro atoms. The van der Waals surface area contributed by atoms with E-state index in [4.69, 9.17) is 4.74 Å². The lowest BCUT2D eigenvalue weighted by atomic mass is 10.0. The first-order valence-electron chi connectivity index (χ1n) is 12.2. The van der Waals surface area contributed by atoms with Crippen LogP contribution in [0.5, 0.6) is 0 Å². The van der Waals surface area contributed by atoms with Crippen molar-refractivity contribution in [1.29, 1.82) is 0 Å². The molecule has 11 nitrogen and oxygen atoms in total. The van der Waals surface area contributed by atoms with E-state index < -0.39 is 0 Å². The summed E-state index contributed by atoms with van der Waals surface area (Å²) in [6.45, 7) is 7.36. The van der Waals surface area contributed by atoms with E-state index in [1.165, 1.54) is 18.9 Å². The van der Waals surface area contributed by atoms with Gasteiger partial charge in [0.2, 0.25) is 5.78 Å². The third-order valence-corrected chi connectivity index (χ3v) is 7.89. The number of amides is 3. The van der Waals surface area contributed by atoms with Gasteiger partial charge in [0.05, 0.1) is 18.9 Å². The lowest BCUT2D eigenvalue weighted by molar-refractivity contribution is 0.0362. The number of allylic oxidation sites excluding steroid dienone is 2. The van der Waals surface area contributed by atoms with Crippen LogP contribution in [0.4, 0.5) is 4.79 Å². The standard InChI is InChI=1S/C23H30N6O5S/c30-17-15-16(24-3-6-26-4-1-2-5-26)19(31)18-20(17)35-21(25-18)22(32)27-7-9-28(10-8-27)23(33)29-11-13-34-14-12-29/h15,24H,1-14H2. The average molecular weight is 503 g/mol. The van der Waals surface area contributed by atoms with Gasteiger partial charge in [0.15, 0.2) is 10.8 Å². The van der Waals surface area contributed by atoms with Crippen LogP contribution in [0.2, 0.25) is 0 Å². The number of nitrogens with zero attached hydrogens (tertiary/aromatic N) is 5. The molecule has 3 aliphatic heterocycles. The summed E-state index contributed by atoms with van der Waals surface area (Å²) in [5.74, 6) is -0.968. The van der Waals surface area contributed by atoms with Crippen molar-refractivity contribution in [3.05, 3.63) is 27.4 Å². The van der Waals surface area contributed by atoms with Gasteiger partial charge < -0.3 is 29.7 Å². The molecule has 35 heavy (non-hydrogen) atoms. The normalized spacial score (nSPS) is 21.3. The Balaban J connectivity index is 1.17. The first-order valence-corrected chi connectivity index (χ1v) is 13.0. The molecule has 1 N–H and O–H groups in total. The van der Waals surface area contributed by atoms with Crippen molar-refractivity contribution in [2.75, 3.05) is 78.7 Å². The van der Waals surface area contributed by atoms with E-state index in [9.17, 15) is 19.2 Å². The molecule has 0 unspecified atom stereocenters. The minimum absolute atomic E-state index is 0.0304. The second-order valence-corrected chi connectivity index (χ2v) is 10.1. The summed E-state index contributed by atoms with van der Waals surface area (Å²) >= 11 is 0.969. The molecule has 188 valence electrons. The molecule has 0 aromatic carbocycles. The van der Waals surface area contributed by atoms with Crippen LogP contribution in [0, 0.1) is 0 Å². The topological polar surface area (TPSA) is 115 Å². The Morgan fingerprint density at radius 1 is 0.943 bits per heavy atom. The number of aromatic nitrogens is 1. The zero-order valence-corrected chi connectivity index (χ0v) is 20.5. The van der Waals surface area contributed by atoms with Crippen molar-refractivity contribution in [3.63, 3.8) is 0 Å². The highest BCUT2D eigenvalue weighted by Crippen LogP contribution is 2.27. The van der Waals surface area contributed by atoms with Gasteiger partial charge in [0.1, 0.15) is 10.6 Å². The molecule has 4 aliphatic rings. The van der Waals surface area contributed by atoms with Crippen LogP contribution in [0.25, 0.3) is 0 Å². The summed E-state index contributed by atoms with van der Waals surface area (Å²) in [6.07, 6.45) is 3.70. The van der Waals surface area contributed by atoms with Crippen LogP contribution in [-0.4, -0.2) is 127 Å². The van der Waals surface area contributed by atoms with Gasteiger partial charge in [-0.1, -0.05) is 0 Å². The number of nitrogens with one attached hydrogen (secondary N) is 1. The minimum Gasteiger partial charge on any atom is -0.380 e. The van der Waals surface area contributed by atoms with Crippen LogP contribution in [0.15, 0.2) is 11.8 Å². The molecule has 1 aliphatic carbocycles. The SMILES string of the molecule is O=C1C(NCCN2CCCC2)=CC(=O)c2sc(C(=O)N3CCN(C(=O)N4CCOCC4)CC3)nc21. The molecular weight excluding hydrogens is 472 g/mol. The van der Waals surface area contributed by atoms with E-state index in [0.717, 1.165) is 31.0 Å². The summed E-state index contributed by atoms with van der Waals surface area (Å²) in [6, 6.07) is -0.0304. The summed E-state index contributed by atoms with van der Waals surface area (Å²) in [5.41, 5.74) is 0.289. The molecule has 0 atom stereocenters. The van der Waals surface area contributed by atoms with Crippen molar-refractivity contribution < 1.29 is 23.9 Å². The number of rotatable bonds is 5. The highest BCUT2D eigenvalue weighted by Gasteiger charge is 2.34. The van der Waals surface area contributed by atoms with Gasteiger partial charge in [0, 0.05) is 58.4 Å². The first-order chi connectivity index (χ1) is 17.0. The van der Waals surface area contributed by atoms with Gasteiger partial charge in [-0.05, 0) is 25.9 Å². The van der Waals surface area contributed by atoms with Crippen molar-refractivity contribution in [3.8, 4) is 0 Å². The van der Waals surface area contributed by atoms with E-state index in [1.54, 1.807) is 14.7 Å². The first kappa shape index (κ1) is 23.9. The number of likely N-dealkylation sites (tertiary alicyclic amines) is 1. The van der Waals surface area contributed by atoms with Crippen molar-refractivity contribution >= 4 is 34.8 Å². The van der Waals surface area contributed by atoms with Crippen molar-refractivity contribution in [2.45, 2.75) is 12.8 Å². The van der Waals surface area contributed by atoms with E-state index in [1.807, 2.05) is 0 Å². The third kappa shape index (κ3) is 5.09. The predicted octanol–water partition coefficient (Wildman–Crippen LogP) is 0.301. The largest absolute Gasteiger partial charge is 0.380 e. The second kappa shape index (κ2) is 10.4. The van der Waals surface area contributed by atoms with Gasteiger partial charge in [-0.25, -0.2) is 9.78 Å². The molecule has 0 radical (unpaired) electrons. The highest BCUT2D eigenvalue weighted by atomic mass is 32.1. The quantitative estimate of drug-likeness (QED) is 0.612. The number of thiazole rings is 1. The molecule has 1 aromatic heterocycles. The maximum atomic E-state index is 13.1. The van der Waals surface area contributed by atoms with Crippen LogP contribution in [-0.2, 0) is 4.74 Å². The number of piperazine rings is 1. The Labute approximate surface area is 207 Å². The van der Waals surface area contributed by atoms with E-state index >= 15 is 0 Å². The fraction of sp³-hybridized carbons (Fsp3) is 0.609. The summed E-state index contributed by atoms with van der Waals surface area (Å²) in [5, 5.41) is 3.22. The number of ketones is 2. The van der Waals surface area contributed by atoms with Gasteiger partial charge >= 0.3 is 6.03 Å². The van der Waals surface area contributed by atoms with E-state index in [-0.39, 0.29) is 44.8 Å². The molecule has 3 saturated heterocycles. The van der Waals surface area contributed by atoms with Crippen LogP contribution in [0.3, 0.4) is 0 Å². The molecule has 3 amide bonds. The Bertz CT molecular complexity index is 1040. The van der Waals surface area contributed by atoms with Gasteiger partial charge in [-0.2, -0.15) is 0 Å². The molecule has 5 rings (SSSR count). The van der Waals surface area contributed by atoms with Gasteiger partial charge in [-0.3, -0.25) is 14.4 Å². The summed E-state index contributed by atoms with van der Waals surface area (Å²) in [7, 11) is 0. The Morgan fingerprint density at radius 2 is 1.60 bits per heavy atom. The Hall–Kier alpha value is -2.83. The number of carbonyl (C=O) groups is 4. The molecule has 1 aromatic rings. The Morgan fingerprint density at radius 3 is 2.31 bits per heavy atom. The molecule has 12 heteroatoms. The maximum Gasteiger partial charge on any atom is 0.320 e. The monoisotopic (exact) mass is 502 g/mol. The second-order valence-electron chi connectivity index (χ2n) is 9.08. The zero-order valence-electron chi connectivity index (χ0n) is 19.7. The van der Waals surface area contributed by atoms with Crippen molar-refractivity contribution in [1.82, 2.24) is 29.9 Å². The number of hydrogen-bond donors (Lipinski definition) is 1. The van der Waals surface area contributed by atoms with Crippen molar-refractivity contribution in [2.24, 2.45) is 0 Å². The molecule has 0 saturated carbocycles. The number of ether oxygens (including phenoxy) is 1. The predicted molar refractivity (Wildman–Crippen MR) is 128 cm³/mol. The molecule has 0 bridgehead atoms. The third-order valence-electron chi connectivity index (χ3n) is 6.83. The number of carbonyl (C=O) groups excluding carboxylic acids is 4. The summed E-state index contributed by atoms with van der Waals surface area (Å²) < 4.78 is 5.30. The highest BCUT2D eigenvalue weighted by molar-refractivity contribution is 7.16. The fourth-order valence-corrected chi connectivity index (χ4v) is 5.74. The number of morpholine rings is 1. The summed E-state index contributed by atoms with van der Waals surface area (Å²) in [4.78, 5) is 63.3. The lowest BCUT2D eigenvalue weighted by Gasteiger charge is -2.38. The number of fused-ring (bicyclic) bond motifs is 1. The zero-order chi connectivity index (χ0) is 24.4. The number of hydrogen-bond acceptors (Lipinski definition) is 9. The fourth-order valence-electron chi connectivity index (χ4n) is 4.80. The maximum absolute atomic E-state index is 13.1. The average Bonchev–Trinajstić information content (AvgIpc) is 3.58. The van der Waals surface area contributed by atoms with E-state index in [2.05, 4.69) is 15.2 Å². The van der Waals surface area contributed by atoms with Gasteiger partial charge in [-0.15, -0.1) is 11.3 Å². The van der Waals surface area contributed by atoms with Gasteiger partial charge in [0.25, 0.3) is 5.91 Å². The number of Topliss-reactive ketones (excluding diaryl/α,β-unsaturated/α-hetero) is 1. The number of urea groups is 1.